The van der Waals surface area contributed by atoms with Gasteiger partial charge in [-0.05, 0) is 60.3 Å². The minimum Gasteiger partial charge on any atom is -0.454 e. The van der Waals surface area contributed by atoms with Crippen molar-refractivity contribution in [3.8, 4) is 0 Å². The molecule has 0 aromatic heterocycles. The molecule has 1 aromatic rings. The number of likely N-dealkylation sites (tertiary alicyclic amines) is 1. The number of esters is 1. The molecule has 32 heavy (non-hydrogen) atoms. The lowest BCUT2D eigenvalue weighted by Crippen LogP contribution is -2.49. The summed E-state index contributed by atoms with van der Waals surface area (Å²) < 4.78 is 18.2. The molecule has 0 radical (unpaired) electrons. The van der Waals surface area contributed by atoms with E-state index in [1.165, 1.54) is 24.3 Å². The molecule has 2 bridgehead atoms. The standard InChI is InChI=1S/C24H25FN2O5/c1-11(2)21(24(31)32-10-18(28)26-13-5-3-12(25)4-6-13)27-22(29)19-14-7-8-15(17-9-16(14)17)20(19)23(27)30/h3-8,11,14-17,19-21H,9-10H2,1-2H3,(H,26,28)/t14-,15-,16-,17+,19+,20+,21+/m1/s1. The van der Waals surface area contributed by atoms with Gasteiger partial charge in [-0.3, -0.25) is 19.3 Å². The fourth-order valence-electron chi connectivity index (χ4n) is 5.88. The molecular weight excluding hydrogens is 415 g/mol. The Kier molecular flexibility index (Phi) is 4.91. The molecule has 0 unspecified atom stereocenters. The molecule has 1 N–H and O–H groups in total. The van der Waals surface area contributed by atoms with Crippen molar-refractivity contribution in [2.45, 2.75) is 26.3 Å². The number of halogens is 1. The maximum atomic E-state index is 13.3. The summed E-state index contributed by atoms with van der Waals surface area (Å²) in [5, 5.41) is 2.51. The molecule has 1 heterocycles. The summed E-state index contributed by atoms with van der Waals surface area (Å²) in [5.74, 6) is -2.45. The average molecular weight is 440 g/mol. The molecule has 3 fully saturated rings. The monoisotopic (exact) mass is 440 g/mol. The zero-order valence-corrected chi connectivity index (χ0v) is 17.9. The number of ether oxygens (including phenoxy) is 1. The molecule has 3 amide bonds. The summed E-state index contributed by atoms with van der Waals surface area (Å²) in [6.45, 7) is 2.92. The summed E-state index contributed by atoms with van der Waals surface area (Å²) in [4.78, 5) is 52.8. The highest BCUT2D eigenvalue weighted by Crippen LogP contribution is 2.65. The largest absolute Gasteiger partial charge is 0.454 e. The van der Waals surface area contributed by atoms with Crippen LogP contribution in [0.5, 0.6) is 0 Å². The topological polar surface area (TPSA) is 92.8 Å². The van der Waals surface area contributed by atoms with E-state index < -0.39 is 42.2 Å². The summed E-state index contributed by atoms with van der Waals surface area (Å²) in [5.41, 5.74) is 0.364. The molecule has 7 atom stereocenters. The Labute approximate surface area is 185 Å². The number of carbonyl (C=O) groups is 4. The predicted molar refractivity (Wildman–Crippen MR) is 111 cm³/mol. The lowest BCUT2D eigenvalue weighted by atomic mass is 9.63. The number of allylic oxidation sites excluding steroid dienone is 2. The maximum absolute atomic E-state index is 13.3. The number of anilines is 1. The van der Waals surface area contributed by atoms with Crippen LogP contribution in [0.15, 0.2) is 36.4 Å². The molecule has 1 saturated heterocycles. The van der Waals surface area contributed by atoms with Crippen molar-refractivity contribution >= 4 is 29.4 Å². The highest BCUT2D eigenvalue weighted by Gasteiger charge is 2.68. The van der Waals surface area contributed by atoms with Crippen LogP contribution in [0.4, 0.5) is 10.1 Å². The Morgan fingerprint density at radius 2 is 1.62 bits per heavy atom. The summed E-state index contributed by atoms with van der Waals surface area (Å²) in [6, 6.07) is 4.11. The van der Waals surface area contributed by atoms with E-state index in [-0.39, 0.29) is 29.6 Å². The van der Waals surface area contributed by atoms with Crippen LogP contribution in [0.1, 0.15) is 20.3 Å². The number of imide groups is 1. The lowest BCUT2D eigenvalue weighted by molar-refractivity contribution is -0.162. The van der Waals surface area contributed by atoms with Gasteiger partial charge in [-0.1, -0.05) is 26.0 Å². The normalized spacial score (nSPS) is 32.6. The smallest absolute Gasteiger partial charge is 0.330 e. The molecule has 1 aromatic carbocycles. The SMILES string of the molecule is CC(C)[C@@H](C(=O)OCC(=O)Nc1ccc(F)cc1)N1C(=O)[C@H]2[C@@H]3C=C[C@H]([C@@H]4C[C@H]34)[C@@H]2C1=O. The van der Waals surface area contributed by atoms with E-state index in [1.54, 1.807) is 13.8 Å². The zero-order valence-electron chi connectivity index (χ0n) is 17.9. The average Bonchev–Trinajstić information content (AvgIpc) is 3.54. The number of hydrogen-bond acceptors (Lipinski definition) is 5. The fraction of sp³-hybridized carbons (Fsp3) is 0.500. The Morgan fingerprint density at radius 1 is 1.06 bits per heavy atom. The molecule has 4 aliphatic carbocycles. The van der Waals surface area contributed by atoms with Gasteiger partial charge in [0, 0.05) is 5.69 Å². The fourth-order valence-corrected chi connectivity index (χ4v) is 5.88. The number of amides is 3. The quantitative estimate of drug-likeness (QED) is 0.417. The number of nitrogens with one attached hydrogen (secondary N) is 1. The van der Waals surface area contributed by atoms with Crippen molar-refractivity contribution < 1.29 is 28.3 Å². The van der Waals surface area contributed by atoms with Crippen molar-refractivity contribution in [3.05, 3.63) is 42.2 Å². The highest BCUT2D eigenvalue weighted by atomic mass is 19.1. The molecule has 6 rings (SSSR count). The summed E-state index contributed by atoms with van der Waals surface area (Å²) in [6.07, 6.45) is 5.23. The van der Waals surface area contributed by atoms with Gasteiger partial charge in [0.25, 0.3) is 5.91 Å². The van der Waals surface area contributed by atoms with Gasteiger partial charge >= 0.3 is 5.97 Å². The molecule has 1 aliphatic heterocycles. The van der Waals surface area contributed by atoms with Gasteiger partial charge in [0.2, 0.25) is 11.8 Å². The number of benzene rings is 1. The van der Waals surface area contributed by atoms with E-state index in [4.69, 9.17) is 4.74 Å². The van der Waals surface area contributed by atoms with E-state index in [0.717, 1.165) is 11.3 Å². The van der Waals surface area contributed by atoms with E-state index in [0.29, 0.717) is 17.5 Å². The van der Waals surface area contributed by atoms with Crippen LogP contribution in [-0.4, -0.2) is 41.2 Å². The highest BCUT2D eigenvalue weighted by molar-refractivity contribution is 6.09. The lowest BCUT2D eigenvalue weighted by Gasteiger charge is -2.37. The van der Waals surface area contributed by atoms with Crippen LogP contribution < -0.4 is 5.32 Å². The van der Waals surface area contributed by atoms with Crippen LogP contribution in [0.25, 0.3) is 0 Å². The van der Waals surface area contributed by atoms with E-state index >= 15 is 0 Å². The minimum absolute atomic E-state index is 0.0711. The number of rotatable bonds is 6. The van der Waals surface area contributed by atoms with Gasteiger partial charge in [-0.25, -0.2) is 9.18 Å². The van der Waals surface area contributed by atoms with Gasteiger partial charge < -0.3 is 10.1 Å². The second kappa shape index (κ2) is 7.53. The Hall–Kier alpha value is -3.03. The predicted octanol–water partition coefficient (Wildman–Crippen LogP) is 2.39. The van der Waals surface area contributed by atoms with Crippen LogP contribution in [-0.2, 0) is 23.9 Å². The third-order valence-electron chi connectivity index (χ3n) is 7.32. The van der Waals surface area contributed by atoms with E-state index in [1.807, 2.05) is 0 Å². The van der Waals surface area contributed by atoms with Gasteiger partial charge in [0.1, 0.15) is 11.9 Å². The first-order chi connectivity index (χ1) is 15.3. The van der Waals surface area contributed by atoms with Gasteiger partial charge in [0.15, 0.2) is 6.61 Å². The van der Waals surface area contributed by atoms with Crippen LogP contribution in [0.2, 0.25) is 0 Å². The zero-order chi connectivity index (χ0) is 22.7. The third kappa shape index (κ3) is 3.24. The first-order valence-electron chi connectivity index (χ1n) is 11.0. The third-order valence-corrected chi connectivity index (χ3v) is 7.32. The Bertz CT molecular complexity index is 984. The van der Waals surface area contributed by atoms with E-state index in [9.17, 15) is 23.6 Å². The number of hydrogen-bond donors (Lipinski definition) is 1. The number of nitrogens with zero attached hydrogens (tertiary/aromatic N) is 1. The maximum Gasteiger partial charge on any atom is 0.330 e. The van der Waals surface area contributed by atoms with Gasteiger partial charge in [-0.2, -0.15) is 0 Å². The second-order valence-electron chi connectivity index (χ2n) is 9.55. The summed E-state index contributed by atoms with van der Waals surface area (Å²) >= 11 is 0. The van der Waals surface area contributed by atoms with Gasteiger partial charge in [0.05, 0.1) is 11.8 Å². The molecule has 8 heteroatoms. The molecule has 0 spiro atoms. The molecule has 168 valence electrons. The molecular formula is C24H25FN2O5. The Balaban J connectivity index is 1.27. The number of carbonyl (C=O) groups excluding carboxylic acids is 4. The molecule has 5 aliphatic rings. The first kappa shape index (κ1) is 20.8. The minimum atomic E-state index is -1.07. The van der Waals surface area contributed by atoms with Gasteiger partial charge in [-0.15, -0.1) is 0 Å². The van der Waals surface area contributed by atoms with Crippen molar-refractivity contribution in [2.75, 3.05) is 11.9 Å². The van der Waals surface area contributed by atoms with Crippen molar-refractivity contribution in [2.24, 2.45) is 41.4 Å². The Morgan fingerprint density at radius 3 is 2.16 bits per heavy atom. The van der Waals surface area contributed by atoms with Crippen LogP contribution in [0.3, 0.4) is 0 Å². The van der Waals surface area contributed by atoms with Crippen molar-refractivity contribution in [1.29, 1.82) is 0 Å². The molecule has 2 saturated carbocycles. The second-order valence-corrected chi connectivity index (χ2v) is 9.55. The summed E-state index contributed by atoms with van der Waals surface area (Å²) in [7, 11) is 0. The van der Waals surface area contributed by atoms with Crippen LogP contribution >= 0.6 is 0 Å². The van der Waals surface area contributed by atoms with Crippen molar-refractivity contribution in [3.63, 3.8) is 0 Å². The van der Waals surface area contributed by atoms with Crippen LogP contribution in [0, 0.1) is 47.2 Å². The molecule has 7 nitrogen and oxygen atoms in total. The van der Waals surface area contributed by atoms with E-state index in [2.05, 4.69) is 17.5 Å². The first-order valence-corrected chi connectivity index (χ1v) is 11.0. The van der Waals surface area contributed by atoms with Crippen molar-refractivity contribution in [1.82, 2.24) is 4.90 Å².